The Labute approximate surface area is 123 Å². The molecule has 0 radical (unpaired) electrons. The molecule has 1 aliphatic rings. The molecule has 0 aromatic heterocycles. The molecule has 0 bridgehead atoms. The molecule has 0 N–H and O–H groups in total. The fourth-order valence-corrected chi connectivity index (χ4v) is 3.27. The highest BCUT2D eigenvalue weighted by atomic mass is 35.5. The van der Waals surface area contributed by atoms with E-state index in [2.05, 4.69) is 24.3 Å². The summed E-state index contributed by atoms with van der Waals surface area (Å²) in [5.41, 5.74) is 3.69. The Balaban J connectivity index is 1.94. The van der Waals surface area contributed by atoms with Gasteiger partial charge < -0.3 is 4.74 Å². The maximum atomic E-state index is 6.65. The standard InChI is InChI=1S/C16H14Cl2O/c1-19-15-7-6-11(17)9-14(15)16(18)13-8-10-4-2-3-5-12(10)13/h2-7,9,13,16H,8H2,1H3. The lowest BCUT2D eigenvalue weighted by Gasteiger charge is -2.34. The molecule has 0 heterocycles. The summed E-state index contributed by atoms with van der Waals surface area (Å²) >= 11 is 12.7. The zero-order valence-corrected chi connectivity index (χ0v) is 12.1. The molecule has 19 heavy (non-hydrogen) atoms. The minimum absolute atomic E-state index is 0.108. The quantitative estimate of drug-likeness (QED) is 0.726. The summed E-state index contributed by atoms with van der Waals surface area (Å²) in [7, 11) is 1.66. The van der Waals surface area contributed by atoms with Gasteiger partial charge in [-0.2, -0.15) is 0 Å². The first-order valence-corrected chi connectivity index (χ1v) is 7.07. The molecule has 98 valence electrons. The molecular weight excluding hydrogens is 279 g/mol. The van der Waals surface area contributed by atoms with E-state index in [1.165, 1.54) is 11.1 Å². The number of ether oxygens (including phenoxy) is 1. The van der Waals surface area contributed by atoms with Crippen LogP contribution in [0.25, 0.3) is 0 Å². The first-order valence-electron chi connectivity index (χ1n) is 6.26. The Morgan fingerprint density at radius 3 is 2.74 bits per heavy atom. The molecule has 0 aliphatic heterocycles. The summed E-state index contributed by atoms with van der Waals surface area (Å²) in [5.74, 6) is 1.14. The van der Waals surface area contributed by atoms with Crippen molar-refractivity contribution in [1.82, 2.24) is 0 Å². The van der Waals surface area contributed by atoms with E-state index in [1.807, 2.05) is 18.2 Å². The molecule has 2 unspecified atom stereocenters. The SMILES string of the molecule is COc1ccc(Cl)cc1C(Cl)C1Cc2ccccc21. The molecule has 0 amide bonds. The van der Waals surface area contributed by atoms with E-state index in [9.17, 15) is 0 Å². The van der Waals surface area contributed by atoms with E-state index < -0.39 is 0 Å². The van der Waals surface area contributed by atoms with Crippen LogP contribution in [0.1, 0.15) is 28.0 Å². The third-order valence-electron chi connectivity index (χ3n) is 3.74. The number of rotatable bonds is 3. The monoisotopic (exact) mass is 292 g/mol. The number of hydrogen-bond donors (Lipinski definition) is 0. The van der Waals surface area contributed by atoms with Crippen LogP contribution >= 0.6 is 23.2 Å². The van der Waals surface area contributed by atoms with Crippen molar-refractivity contribution in [3.63, 3.8) is 0 Å². The van der Waals surface area contributed by atoms with Gasteiger partial charge in [-0.1, -0.05) is 35.9 Å². The topological polar surface area (TPSA) is 9.23 Å². The minimum atomic E-state index is -0.108. The average Bonchev–Trinajstić information content (AvgIpc) is 2.40. The number of fused-ring (bicyclic) bond motifs is 1. The summed E-state index contributed by atoms with van der Waals surface area (Å²) in [4.78, 5) is 0. The second-order valence-corrected chi connectivity index (χ2v) is 5.70. The maximum Gasteiger partial charge on any atom is 0.123 e. The smallest absolute Gasteiger partial charge is 0.123 e. The van der Waals surface area contributed by atoms with Crippen LogP contribution < -0.4 is 4.74 Å². The molecule has 1 nitrogen and oxygen atoms in total. The van der Waals surface area contributed by atoms with E-state index in [0.29, 0.717) is 10.9 Å². The second-order valence-electron chi connectivity index (χ2n) is 4.80. The van der Waals surface area contributed by atoms with Crippen LogP contribution in [0.4, 0.5) is 0 Å². The Bertz CT molecular complexity index is 609. The van der Waals surface area contributed by atoms with Crippen molar-refractivity contribution in [2.45, 2.75) is 17.7 Å². The first kappa shape index (κ1) is 12.8. The van der Waals surface area contributed by atoms with Gasteiger partial charge in [0.25, 0.3) is 0 Å². The number of alkyl halides is 1. The molecular formula is C16H14Cl2O. The number of halogens is 2. The molecule has 0 fully saturated rings. The Morgan fingerprint density at radius 2 is 2.00 bits per heavy atom. The minimum Gasteiger partial charge on any atom is -0.496 e. The lowest BCUT2D eigenvalue weighted by atomic mass is 9.74. The van der Waals surface area contributed by atoms with Crippen molar-refractivity contribution >= 4 is 23.2 Å². The van der Waals surface area contributed by atoms with Gasteiger partial charge in [-0.05, 0) is 35.7 Å². The Morgan fingerprint density at radius 1 is 1.21 bits per heavy atom. The summed E-state index contributed by atoms with van der Waals surface area (Å²) in [5, 5.41) is 0.581. The van der Waals surface area contributed by atoms with Crippen LogP contribution in [-0.4, -0.2) is 7.11 Å². The van der Waals surface area contributed by atoms with Gasteiger partial charge in [-0.25, -0.2) is 0 Å². The average molecular weight is 293 g/mol. The van der Waals surface area contributed by atoms with Gasteiger partial charge in [0.05, 0.1) is 12.5 Å². The van der Waals surface area contributed by atoms with E-state index in [4.69, 9.17) is 27.9 Å². The lowest BCUT2D eigenvalue weighted by Crippen LogP contribution is -2.21. The largest absolute Gasteiger partial charge is 0.496 e. The van der Waals surface area contributed by atoms with Gasteiger partial charge in [0.15, 0.2) is 0 Å². The third-order valence-corrected chi connectivity index (χ3v) is 4.51. The highest BCUT2D eigenvalue weighted by molar-refractivity contribution is 6.31. The molecule has 3 heteroatoms. The van der Waals surface area contributed by atoms with Crippen LogP contribution in [0.5, 0.6) is 5.75 Å². The molecule has 1 aliphatic carbocycles. The van der Waals surface area contributed by atoms with Gasteiger partial charge >= 0.3 is 0 Å². The highest BCUT2D eigenvalue weighted by Crippen LogP contribution is 2.49. The summed E-state index contributed by atoms with van der Waals surface area (Å²) in [6.07, 6.45) is 1.01. The van der Waals surface area contributed by atoms with Crippen LogP contribution in [-0.2, 0) is 6.42 Å². The maximum absolute atomic E-state index is 6.65. The second kappa shape index (κ2) is 5.07. The summed E-state index contributed by atoms with van der Waals surface area (Å²) in [6.45, 7) is 0. The number of benzene rings is 2. The van der Waals surface area contributed by atoms with Gasteiger partial charge in [0.1, 0.15) is 5.75 Å². The summed E-state index contributed by atoms with van der Waals surface area (Å²) < 4.78 is 5.39. The van der Waals surface area contributed by atoms with E-state index >= 15 is 0 Å². The van der Waals surface area contributed by atoms with Crippen molar-refractivity contribution in [2.75, 3.05) is 7.11 Å². The van der Waals surface area contributed by atoms with Crippen molar-refractivity contribution < 1.29 is 4.74 Å². The molecule has 0 saturated heterocycles. The fourth-order valence-electron chi connectivity index (χ4n) is 2.70. The molecule has 2 atom stereocenters. The molecule has 2 aromatic carbocycles. The zero-order valence-electron chi connectivity index (χ0n) is 10.6. The van der Waals surface area contributed by atoms with Crippen LogP contribution in [0.15, 0.2) is 42.5 Å². The van der Waals surface area contributed by atoms with Crippen molar-refractivity contribution in [1.29, 1.82) is 0 Å². The van der Waals surface area contributed by atoms with Gasteiger partial charge in [0.2, 0.25) is 0 Å². The van der Waals surface area contributed by atoms with Crippen molar-refractivity contribution in [3.05, 3.63) is 64.2 Å². The van der Waals surface area contributed by atoms with Gasteiger partial charge in [-0.3, -0.25) is 0 Å². The predicted octanol–water partition coefficient (Wildman–Crippen LogP) is 4.97. The molecule has 0 spiro atoms. The molecule has 0 saturated carbocycles. The highest BCUT2D eigenvalue weighted by Gasteiger charge is 2.33. The van der Waals surface area contributed by atoms with Crippen molar-refractivity contribution in [3.8, 4) is 5.75 Å². The Hall–Kier alpha value is -1.18. The fraction of sp³-hybridized carbons (Fsp3) is 0.250. The first-order chi connectivity index (χ1) is 9.20. The predicted molar refractivity (Wildman–Crippen MR) is 79.5 cm³/mol. The van der Waals surface area contributed by atoms with Gasteiger partial charge in [0, 0.05) is 16.5 Å². The Kier molecular flexibility index (Phi) is 3.42. The van der Waals surface area contributed by atoms with Crippen LogP contribution in [0.3, 0.4) is 0 Å². The molecule has 2 aromatic rings. The summed E-state index contributed by atoms with van der Waals surface area (Å²) in [6, 6.07) is 14.0. The molecule has 3 rings (SSSR count). The third kappa shape index (κ3) is 2.22. The van der Waals surface area contributed by atoms with E-state index in [1.54, 1.807) is 7.11 Å². The number of methoxy groups -OCH3 is 1. The lowest BCUT2D eigenvalue weighted by molar-refractivity contribution is 0.405. The van der Waals surface area contributed by atoms with Crippen molar-refractivity contribution in [2.24, 2.45) is 0 Å². The van der Waals surface area contributed by atoms with Gasteiger partial charge in [-0.15, -0.1) is 11.6 Å². The number of hydrogen-bond acceptors (Lipinski definition) is 1. The van der Waals surface area contributed by atoms with E-state index in [-0.39, 0.29) is 5.38 Å². The zero-order chi connectivity index (χ0) is 13.4. The van der Waals surface area contributed by atoms with E-state index in [0.717, 1.165) is 17.7 Å². The van der Waals surface area contributed by atoms with Crippen LogP contribution in [0, 0.1) is 0 Å². The van der Waals surface area contributed by atoms with Crippen LogP contribution in [0.2, 0.25) is 5.02 Å². The normalized spacial score (nSPS) is 18.4.